The summed E-state index contributed by atoms with van der Waals surface area (Å²) >= 11 is 3.20. The Balaban J connectivity index is 1.89. The Kier molecular flexibility index (Phi) is 5.57. The van der Waals surface area contributed by atoms with Crippen molar-refractivity contribution in [2.45, 2.75) is 4.90 Å². The molecule has 0 bridgehead atoms. The molecule has 0 spiro atoms. The van der Waals surface area contributed by atoms with Gasteiger partial charge in [-0.2, -0.15) is 0 Å². The summed E-state index contributed by atoms with van der Waals surface area (Å²) in [4.78, 5) is 16.4. The summed E-state index contributed by atoms with van der Waals surface area (Å²) < 4.78 is 32.6. The fraction of sp³-hybridized carbons (Fsp3) is 0.0526. The number of sulfonamides is 1. The summed E-state index contributed by atoms with van der Waals surface area (Å²) in [7, 11) is -2.36. The van der Waals surface area contributed by atoms with E-state index in [0.29, 0.717) is 10.3 Å². The van der Waals surface area contributed by atoms with Crippen molar-refractivity contribution in [3.8, 4) is 5.75 Å². The predicted molar refractivity (Wildman–Crippen MR) is 105 cm³/mol. The normalized spacial score (nSPS) is 11.0. The molecule has 6 nitrogen and oxygen atoms in total. The van der Waals surface area contributed by atoms with Crippen molar-refractivity contribution in [1.29, 1.82) is 0 Å². The highest BCUT2D eigenvalue weighted by molar-refractivity contribution is 9.10. The molecular weight excluding hydrogens is 432 g/mol. The van der Waals surface area contributed by atoms with Crippen molar-refractivity contribution >= 4 is 37.6 Å². The number of benzene rings is 2. The second kappa shape index (κ2) is 7.89. The molecule has 2 aromatic carbocycles. The van der Waals surface area contributed by atoms with Crippen LogP contribution in [0, 0.1) is 0 Å². The number of hydrogen-bond acceptors (Lipinski definition) is 5. The fourth-order valence-corrected chi connectivity index (χ4v) is 3.90. The van der Waals surface area contributed by atoms with E-state index < -0.39 is 16.0 Å². The van der Waals surface area contributed by atoms with E-state index in [1.807, 2.05) is 0 Å². The summed E-state index contributed by atoms with van der Waals surface area (Å²) in [6, 6.07) is 17.6. The lowest BCUT2D eigenvalue weighted by Crippen LogP contribution is -2.26. The van der Waals surface area contributed by atoms with Crippen LogP contribution in [0.2, 0.25) is 0 Å². The molecule has 138 valence electrons. The minimum Gasteiger partial charge on any atom is -0.420 e. The van der Waals surface area contributed by atoms with Gasteiger partial charge in [-0.1, -0.05) is 24.3 Å². The monoisotopic (exact) mass is 446 g/mol. The first-order valence-corrected chi connectivity index (χ1v) is 10.1. The molecule has 0 radical (unpaired) electrons. The summed E-state index contributed by atoms with van der Waals surface area (Å²) in [5.74, 6) is -0.430. The van der Waals surface area contributed by atoms with Crippen LogP contribution in [0.1, 0.15) is 10.4 Å². The van der Waals surface area contributed by atoms with Gasteiger partial charge < -0.3 is 4.74 Å². The van der Waals surface area contributed by atoms with Crippen LogP contribution in [0.4, 0.5) is 5.69 Å². The molecule has 0 aliphatic heterocycles. The molecule has 3 aromatic rings. The quantitative estimate of drug-likeness (QED) is 0.438. The molecule has 3 rings (SSSR count). The highest BCUT2D eigenvalue weighted by atomic mass is 79.9. The van der Waals surface area contributed by atoms with E-state index in [0.717, 1.165) is 4.31 Å². The maximum Gasteiger partial charge on any atom is 0.343 e. The third-order valence-electron chi connectivity index (χ3n) is 3.78. The topological polar surface area (TPSA) is 76.6 Å². The maximum atomic E-state index is 12.9. The zero-order chi connectivity index (χ0) is 19.4. The summed E-state index contributed by atoms with van der Waals surface area (Å²) in [5.41, 5.74) is 0.637. The first-order valence-electron chi connectivity index (χ1n) is 7.86. The molecule has 0 fully saturated rings. The maximum absolute atomic E-state index is 12.9. The molecule has 0 aliphatic rings. The lowest BCUT2D eigenvalue weighted by molar-refractivity contribution is 0.0732. The summed E-state index contributed by atoms with van der Waals surface area (Å²) in [6.07, 6.45) is 1.55. The van der Waals surface area contributed by atoms with Crippen LogP contribution in [0.3, 0.4) is 0 Å². The molecule has 1 heterocycles. The summed E-state index contributed by atoms with van der Waals surface area (Å²) in [6.45, 7) is 0. The molecular formula is C19H15BrN2O4S. The average molecular weight is 447 g/mol. The van der Waals surface area contributed by atoms with Gasteiger partial charge in [0.15, 0.2) is 5.75 Å². The molecule has 0 atom stereocenters. The van der Waals surface area contributed by atoms with Crippen LogP contribution < -0.4 is 9.04 Å². The van der Waals surface area contributed by atoms with Crippen molar-refractivity contribution in [1.82, 2.24) is 4.98 Å². The van der Waals surface area contributed by atoms with Crippen LogP contribution in [0.5, 0.6) is 5.75 Å². The van der Waals surface area contributed by atoms with Crippen LogP contribution in [-0.4, -0.2) is 26.4 Å². The third kappa shape index (κ3) is 4.17. The van der Waals surface area contributed by atoms with Crippen molar-refractivity contribution < 1.29 is 17.9 Å². The Hall–Kier alpha value is -2.71. The van der Waals surface area contributed by atoms with Gasteiger partial charge in [0.25, 0.3) is 10.0 Å². The van der Waals surface area contributed by atoms with Crippen molar-refractivity contribution in [3.63, 3.8) is 0 Å². The Morgan fingerprint density at radius 1 is 1.04 bits per heavy atom. The van der Waals surface area contributed by atoms with Crippen molar-refractivity contribution in [3.05, 3.63) is 83.1 Å². The number of carbonyl (C=O) groups excluding carboxylic acids is 1. The molecule has 0 amide bonds. The largest absolute Gasteiger partial charge is 0.420 e. The van der Waals surface area contributed by atoms with Gasteiger partial charge in [-0.05, 0) is 58.4 Å². The highest BCUT2D eigenvalue weighted by Gasteiger charge is 2.23. The van der Waals surface area contributed by atoms with E-state index in [1.165, 1.54) is 31.3 Å². The highest BCUT2D eigenvalue weighted by Crippen LogP contribution is 2.24. The minimum atomic E-state index is -3.83. The smallest absolute Gasteiger partial charge is 0.343 e. The molecule has 0 aliphatic carbocycles. The van der Waals surface area contributed by atoms with Gasteiger partial charge in [-0.3, -0.25) is 4.31 Å². The van der Waals surface area contributed by atoms with Gasteiger partial charge in [0.1, 0.15) is 4.60 Å². The first kappa shape index (κ1) is 19.1. The molecule has 0 saturated carbocycles. The number of halogens is 1. The third-order valence-corrected chi connectivity index (χ3v) is 6.15. The number of aromatic nitrogens is 1. The molecule has 0 unspecified atom stereocenters. The number of carbonyl (C=O) groups is 1. The number of rotatable bonds is 5. The van der Waals surface area contributed by atoms with E-state index in [-0.39, 0.29) is 16.2 Å². The molecule has 8 heteroatoms. The summed E-state index contributed by atoms with van der Waals surface area (Å²) in [5, 5.41) is 0. The number of hydrogen-bond donors (Lipinski definition) is 0. The lowest BCUT2D eigenvalue weighted by atomic mass is 10.2. The molecule has 27 heavy (non-hydrogen) atoms. The number of nitrogens with zero attached hydrogens (tertiary/aromatic N) is 2. The molecule has 0 saturated heterocycles. The van der Waals surface area contributed by atoms with E-state index in [4.69, 9.17) is 4.74 Å². The number of ether oxygens (including phenoxy) is 1. The Morgan fingerprint density at radius 2 is 1.78 bits per heavy atom. The van der Waals surface area contributed by atoms with Crippen molar-refractivity contribution in [2.75, 3.05) is 11.4 Å². The van der Waals surface area contributed by atoms with Crippen LogP contribution in [0.15, 0.2) is 82.4 Å². The Labute approximate surface area is 165 Å². The number of pyridine rings is 1. The zero-order valence-corrected chi connectivity index (χ0v) is 16.6. The minimum absolute atomic E-state index is 0.00597. The van der Waals surface area contributed by atoms with E-state index in [9.17, 15) is 13.2 Å². The van der Waals surface area contributed by atoms with E-state index >= 15 is 0 Å². The Morgan fingerprint density at radius 3 is 2.48 bits per heavy atom. The lowest BCUT2D eigenvalue weighted by Gasteiger charge is -2.19. The number of para-hydroxylation sites is 1. The van der Waals surface area contributed by atoms with Gasteiger partial charge in [-0.15, -0.1) is 0 Å². The van der Waals surface area contributed by atoms with E-state index in [2.05, 4.69) is 20.9 Å². The second-order valence-corrected chi connectivity index (χ2v) is 8.24. The molecule has 1 aromatic heterocycles. The van der Waals surface area contributed by atoms with Crippen LogP contribution >= 0.6 is 15.9 Å². The van der Waals surface area contributed by atoms with Crippen LogP contribution in [-0.2, 0) is 10.0 Å². The SMILES string of the molecule is CN(c1ccccc1)S(=O)(=O)c1cccc(C(=O)Oc2cccnc2Br)c1. The number of esters is 1. The average Bonchev–Trinajstić information content (AvgIpc) is 2.70. The fourth-order valence-electron chi connectivity index (χ4n) is 2.32. The van der Waals surface area contributed by atoms with E-state index in [1.54, 1.807) is 48.7 Å². The van der Waals surface area contributed by atoms with Gasteiger partial charge in [-0.25, -0.2) is 18.2 Å². The first-order chi connectivity index (χ1) is 12.9. The van der Waals surface area contributed by atoms with Crippen LogP contribution in [0.25, 0.3) is 0 Å². The van der Waals surface area contributed by atoms with Crippen molar-refractivity contribution in [2.24, 2.45) is 0 Å². The predicted octanol–water partition coefficient (Wildman–Crippen LogP) is 3.89. The van der Waals surface area contributed by atoms with Gasteiger partial charge in [0.05, 0.1) is 16.1 Å². The standard InChI is InChI=1S/C19H15BrN2O4S/c1-22(15-8-3-2-4-9-15)27(24,25)16-10-5-7-14(13-16)19(23)26-17-11-6-12-21-18(17)20/h2-13H,1H3. The Bertz CT molecular complexity index is 1070. The zero-order valence-electron chi connectivity index (χ0n) is 14.2. The molecule has 0 N–H and O–H groups in total. The number of anilines is 1. The van der Waals surface area contributed by atoms with Gasteiger partial charge >= 0.3 is 5.97 Å². The second-order valence-electron chi connectivity index (χ2n) is 5.52. The van der Waals surface area contributed by atoms with Gasteiger partial charge in [0, 0.05) is 13.2 Å². The van der Waals surface area contributed by atoms with Gasteiger partial charge in [0.2, 0.25) is 0 Å².